The minimum atomic E-state index is -2.96. The van der Waals surface area contributed by atoms with E-state index in [1.807, 2.05) is 20.8 Å². The van der Waals surface area contributed by atoms with Crippen molar-refractivity contribution in [3.05, 3.63) is 16.1 Å². The Hall–Kier alpha value is -0.220. The summed E-state index contributed by atoms with van der Waals surface area (Å²) in [6, 6.07) is 0. The average molecular weight is 249 g/mol. The van der Waals surface area contributed by atoms with Gasteiger partial charge in [-0.25, -0.2) is 4.98 Å². The van der Waals surface area contributed by atoms with Crippen molar-refractivity contribution in [3.8, 4) is 0 Å². The SMILES string of the molecule is CCOP(=O)(Cc1cnc(C)s1)OCC. The fourth-order valence-corrected chi connectivity index (χ4v) is 4.02. The van der Waals surface area contributed by atoms with Crippen LogP contribution in [0.25, 0.3) is 0 Å². The van der Waals surface area contributed by atoms with Gasteiger partial charge >= 0.3 is 7.60 Å². The number of hydrogen-bond donors (Lipinski definition) is 0. The third kappa shape index (κ3) is 4.03. The van der Waals surface area contributed by atoms with E-state index in [0.717, 1.165) is 9.88 Å². The van der Waals surface area contributed by atoms with Crippen LogP contribution in [0.2, 0.25) is 0 Å². The summed E-state index contributed by atoms with van der Waals surface area (Å²) in [6.07, 6.45) is 2.05. The van der Waals surface area contributed by atoms with E-state index < -0.39 is 7.60 Å². The minimum Gasteiger partial charge on any atom is -0.309 e. The lowest BCUT2D eigenvalue weighted by atomic mass is 10.6. The van der Waals surface area contributed by atoms with E-state index in [-0.39, 0.29) is 0 Å². The highest BCUT2D eigenvalue weighted by molar-refractivity contribution is 7.53. The van der Waals surface area contributed by atoms with Gasteiger partial charge in [-0.2, -0.15) is 0 Å². The Labute approximate surface area is 94.2 Å². The molecule has 0 aliphatic heterocycles. The Balaban J connectivity index is 2.70. The summed E-state index contributed by atoms with van der Waals surface area (Å²) in [4.78, 5) is 5.05. The van der Waals surface area contributed by atoms with Crippen LogP contribution < -0.4 is 0 Å². The predicted octanol–water partition coefficient (Wildman–Crippen LogP) is 3.22. The van der Waals surface area contributed by atoms with Gasteiger partial charge in [0.2, 0.25) is 0 Å². The van der Waals surface area contributed by atoms with E-state index in [9.17, 15) is 4.57 Å². The zero-order chi connectivity index (χ0) is 11.3. The maximum Gasteiger partial charge on any atom is 0.335 e. The van der Waals surface area contributed by atoms with E-state index >= 15 is 0 Å². The minimum absolute atomic E-state index is 0.320. The molecular formula is C9H16NO3PS. The molecule has 6 heteroatoms. The van der Waals surface area contributed by atoms with Gasteiger partial charge in [0.25, 0.3) is 0 Å². The molecule has 1 aromatic rings. The second-order valence-electron chi connectivity index (χ2n) is 2.95. The fraction of sp³-hybridized carbons (Fsp3) is 0.667. The van der Waals surface area contributed by atoms with Crippen LogP contribution in [0, 0.1) is 6.92 Å². The van der Waals surface area contributed by atoms with E-state index in [1.165, 1.54) is 11.3 Å². The molecule has 1 rings (SSSR count). The van der Waals surface area contributed by atoms with Gasteiger partial charge in [-0.1, -0.05) is 0 Å². The summed E-state index contributed by atoms with van der Waals surface area (Å²) in [5, 5.41) is 0.963. The van der Waals surface area contributed by atoms with Crippen molar-refractivity contribution in [1.82, 2.24) is 4.98 Å². The molecule has 0 amide bonds. The first-order chi connectivity index (χ1) is 7.09. The summed E-state index contributed by atoms with van der Waals surface area (Å²) >= 11 is 1.52. The lowest BCUT2D eigenvalue weighted by Gasteiger charge is -2.15. The highest BCUT2D eigenvalue weighted by Crippen LogP contribution is 2.51. The first-order valence-electron chi connectivity index (χ1n) is 4.89. The molecule has 1 aromatic heterocycles. The van der Waals surface area contributed by atoms with Gasteiger partial charge < -0.3 is 9.05 Å². The van der Waals surface area contributed by atoms with Gasteiger partial charge in [-0.15, -0.1) is 11.3 Å². The summed E-state index contributed by atoms with van der Waals surface area (Å²) in [5.74, 6) is 0. The lowest BCUT2D eigenvalue weighted by molar-refractivity contribution is 0.219. The van der Waals surface area contributed by atoms with Crippen molar-refractivity contribution in [3.63, 3.8) is 0 Å². The normalized spacial score (nSPS) is 11.9. The highest BCUT2D eigenvalue weighted by Gasteiger charge is 2.24. The molecule has 0 spiro atoms. The van der Waals surface area contributed by atoms with E-state index in [4.69, 9.17) is 9.05 Å². The monoisotopic (exact) mass is 249 g/mol. The number of hydrogen-bond acceptors (Lipinski definition) is 5. The maximum absolute atomic E-state index is 12.1. The third-order valence-corrected chi connectivity index (χ3v) is 4.83. The summed E-state index contributed by atoms with van der Waals surface area (Å²) in [5.41, 5.74) is 0. The number of rotatable bonds is 6. The first-order valence-corrected chi connectivity index (χ1v) is 7.43. The molecule has 4 nitrogen and oxygen atoms in total. The Morgan fingerprint density at radius 2 is 2.00 bits per heavy atom. The zero-order valence-electron chi connectivity index (χ0n) is 9.23. The van der Waals surface area contributed by atoms with Gasteiger partial charge in [0.1, 0.15) is 0 Å². The molecule has 0 saturated carbocycles. The van der Waals surface area contributed by atoms with Gasteiger partial charge in [-0.05, 0) is 20.8 Å². The van der Waals surface area contributed by atoms with Gasteiger partial charge in [0, 0.05) is 11.1 Å². The molecule has 0 atom stereocenters. The summed E-state index contributed by atoms with van der Waals surface area (Å²) in [6.45, 7) is 6.33. The van der Waals surface area contributed by atoms with Crippen LogP contribution in [0.4, 0.5) is 0 Å². The molecule has 0 fully saturated rings. The smallest absolute Gasteiger partial charge is 0.309 e. The van der Waals surface area contributed by atoms with Crippen molar-refractivity contribution in [2.75, 3.05) is 13.2 Å². The predicted molar refractivity (Wildman–Crippen MR) is 61.4 cm³/mol. The van der Waals surface area contributed by atoms with Crippen LogP contribution in [0.3, 0.4) is 0 Å². The molecule has 15 heavy (non-hydrogen) atoms. The summed E-state index contributed by atoms with van der Waals surface area (Å²) in [7, 11) is -2.96. The standard InChI is InChI=1S/C9H16NO3PS/c1-4-12-14(11,13-5-2)7-9-6-10-8(3)15-9/h6H,4-5,7H2,1-3H3. The van der Waals surface area contributed by atoms with E-state index in [0.29, 0.717) is 19.4 Å². The number of thiazole rings is 1. The quantitative estimate of drug-likeness (QED) is 0.726. The number of aromatic nitrogens is 1. The molecule has 1 heterocycles. The second-order valence-corrected chi connectivity index (χ2v) is 6.32. The third-order valence-electron chi connectivity index (χ3n) is 1.67. The summed E-state index contributed by atoms with van der Waals surface area (Å²) < 4.78 is 22.5. The van der Waals surface area contributed by atoms with Crippen LogP contribution in [-0.4, -0.2) is 18.2 Å². The molecule has 0 unspecified atom stereocenters. The maximum atomic E-state index is 12.1. The fourth-order valence-electron chi connectivity index (χ4n) is 1.19. The van der Waals surface area contributed by atoms with E-state index in [1.54, 1.807) is 6.20 Å². The molecule has 0 bridgehead atoms. The van der Waals surface area contributed by atoms with Crippen molar-refractivity contribution < 1.29 is 13.6 Å². The van der Waals surface area contributed by atoms with Crippen molar-refractivity contribution >= 4 is 18.9 Å². The second kappa shape index (κ2) is 5.75. The Morgan fingerprint density at radius 3 is 2.40 bits per heavy atom. The van der Waals surface area contributed by atoms with Crippen molar-refractivity contribution in [2.24, 2.45) is 0 Å². The largest absolute Gasteiger partial charge is 0.335 e. The van der Waals surface area contributed by atoms with Gasteiger partial charge in [0.15, 0.2) is 0 Å². The molecule has 86 valence electrons. The Bertz CT molecular complexity index is 343. The zero-order valence-corrected chi connectivity index (χ0v) is 10.9. The van der Waals surface area contributed by atoms with E-state index in [2.05, 4.69) is 4.98 Å². The molecule has 0 aliphatic rings. The lowest BCUT2D eigenvalue weighted by Crippen LogP contribution is -1.97. The number of nitrogens with zero attached hydrogens (tertiary/aromatic N) is 1. The van der Waals surface area contributed by atoms with Crippen LogP contribution in [0.15, 0.2) is 6.20 Å². The Kier molecular flexibility index (Phi) is 4.93. The topological polar surface area (TPSA) is 48.4 Å². The molecule has 0 saturated heterocycles. The Morgan fingerprint density at radius 1 is 1.40 bits per heavy atom. The van der Waals surface area contributed by atoms with Gasteiger partial charge in [-0.3, -0.25) is 4.57 Å². The van der Waals surface area contributed by atoms with Gasteiger partial charge in [0.05, 0.1) is 24.4 Å². The molecular weight excluding hydrogens is 233 g/mol. The molecule has 0 radical (unpaired) electrons. The molecule has 0 aliphatic carbocycles. The van der Waals surface area contributed by atoms with Crippen molar-refractivity contribution in [1.29, 1.82) is 0 Å². The number of aryl methyl sites for hydroxylation is 1. The van der Waals surface area contributed by atoms with Crippen LogP contribution in [0.5, 0.6) is 0 Å². The highest BCUT2D eigenvalue weighted by atomic mass is 32.1. The van der Waals surface area contributed by atoms with Crippen LogP contribution in [-0.2, 0) is 19.8 Å². The van der Waals surface area contributed by atoms with Crippen LogP contribution >= 0.6 is 18.9 Å². The molecule has 0 aromatic carbocycles. The molecule has 0 N–H and O–H groups in total. The van der Waals surface area contributed by atoms with Crippen LogP contribution in [0.1, 0.15) is 23.7 Å². The van der Waals surface area contributed by atoms with Crippen molar-refractivity contribution in [2.45, 2.75) is 26.9 Å². The average Bonchev–Trinajstić information content (AvgIpc) is 2.51. The first kappa shape index (κ1) is 12.8.